The number of nitrogen functional groups attached to an aromatic ring is 1. The Balaban J connectivity index is 0.000000229. The third-order valence-corrected chi connectivity index (χ3v) is 2.93. The van der Waals surface area contributed by atoms with Crippen molar-refractivity contribution < 1.29 is 14.7 Å². The van der Waals surface area contributed by atoms with Crippen molar-refractivity contribution in [3.8, 4) is 5.75 Å². The molecular formula is C18H16N2O3. The van der Waals surface area contributed by atoms with Crippen molar-refractivity contribution in [1.29, 1.82) is 0 Å². The average Bonchev–Trinajstić information content (AvgIpc) is 2.92. The van der Waals surface area contributed by atoms with E-state index in [2.05, 4.69) is 0 Å². The molecule has 0 radical (unpaired) electrons. The predicted molar refractivity (Wildman–Crippen MR) is 90.2 cm³/mol. The largest absolute Gasteiger partial charge is 0.508 e. The van der Waals surface area contributed by atoms with E-state index in [1.54, 1.807) is 12.1 Å². The molecule has 2 aromatic rings. The summed E-state index contributed by atoms with van der Waals surface area (Å²) in [5, 5.41) is 11.2. The maximum absolute atomic E-state index is 10.0. The van der Waals surface area contributed by atoms with Crippen LogP contribution in [0.2, 0.25) is 0 Å². The van der Waals surface area contributed by atoms with Gasteiger partial charge in [0.2, 0.25) is 0 Å². The molecule has 0 spiro atoms. The van der Waals surface area contributed by atoms with Gasteiger partial charge in [-0.05, 0) is 35.4 Å². The lowest BCUT2D eigenvalue weighted by Gasteiger charge is -1.96. The number of benzene rings is 2. The van der Waals surface area contributed by atoms with E-state index in [1.165, 1.54) is 12.2 Å². The predicted octanol–water partition coefficient (Wildman–Crippen LogP) is 2.34. The molecule has 0 fully saturated rings. The van der Waals surface area contributed by atoms with Gasteiger partial charge in [0.15, 0.2) is 0 Å². The van der Waals surface area contributed by atoms with Crippen LogP contribution in [0.4, 0.5) is 5.69 Å². The molecule has 116 valence electrons. The van der Waals surface area contributed by atoms with Gasteiger partial charge in [0, 0.05) is 17.8 Å². The smallest absolute Gasteiger partial charge is 0.250 e. The second-order valence-corrected chi connectivity index (χ2v) is 4.78. The highest BCUT2D eigenvalue weighted by molar-refractivity contribution is 6.12. The van der Waals surface area contributed by atoms with E-state index in [0.717, 1.165) is 16.8 Å². The first-order valence-electron chi connectivity index (χ1n) is 6.88. The number of aromatic hydroxyl groups is 1. The summed E-state index contributed by atoms with van der Waals surface area (Å²) >= 11 is 0. The molecule has 0 saturated carbocycles. The molecule has 4 N–H and O–H groups in total. The fourth-order valence-corrected chi connectivity index (χ4v) is 1.74. The Kier molecular flexibility index (Phi) is 5.30. The first kappa shape index (κ1) is 16.0. The molecular weight excluding hydrogens is 292 g/mol. The van der Waals surface area contributed by atoms with Gasteiger partial charge >= 0.3 is 0 Å². The van der Waals surface area contributed by atoms with Crippen LogP contribution in [0.15, 0.2) is 60.7 Å². The van der Waals surface area contributed by atoms with Crippen molar-refractivity contribution in [3.05, 3.63) is 71.8 Å². The Bertz CT molecular complexity index is 681. The van der Waals surface area contributed by atoms with Gasteiger partial charge in [-0.25, -0.2) is 0 Å². The lowest BCUT2D eigenvalue weighted by molar-refractivity contribution is -0.123. The SMILES string of the molecule is Nc1ccc(C=Cc2ccc(O)cc2)cc1.O=C1C=CC(=O)N1. The molecule has 23 heavy (non-hydrogen) atoms. The summed E-state index contributed by atoms with van der Waals surface area (Å²) < 4.78 is 0. The highest BCUT2D eigenvalue weighted by atomic mass is 16.3. The summed E-state index contributed by atoms with van der Waals surface area (Å²) in [5.41, 5.74) is 8.51. The first-order valence-corrected chi connectivity index (χ1v) is 6.88. The van der Waals surface area contributed by atoms with E-state index in [4.69, 9.17) is 10.8 Å². The molecule has 0 unspecified atom stereocenters. The van der Waals surface area contributed by atoms with Crippen LogP contribution in [0.25, 0.3) is 12.2 Å². The van der Waals surface area contributed by atoms with Crippen LogP contribution in [0, 0.1) is 0 Å². The number of phenolic OH excluding ortho intramolecular Hbond substituents is 1. The maximum atomic E-state index is 10.0. The first-order chi connectivity index (χ1) is 11.0. The van der Waals surface area contributed by atoms with E-state index in [-0.39, 0.29) is 17.6 Å². The van der Waals surface area contributed by atoms with Crippen molar-refractivity contribution in [2.75, 3.05) is 5.73 Å². The monoisotopic (exact) mass is 308 g/mol. The fraction of sp³-hybridized carbons (Fsp3) is 0. The maximum Gasteiger partial charge on any atom is 0.250 e. The minimum atomic E-state index is -0.329. The third kappa shape index (κ3) is 5.51. The van der Waals surface area contributed by atoms with Gasteiger partial charge in [0.05, 0.1) is 0 Å². The summed E-state index contributed by atoms with van der Waals surface area (Å²) in [6, 6.07) is 14.7. The van der Waals surface area contributed by atoms with Crippen LogP contribution in [-0.2, 0) is 9.59 Å². The number of hydrogen-bond acceptors (Lipinski definition) is 4. The number of carbonyl (C=O) groups is 2. The Morgan fingerprint density at radius 3 is 1.61 bits per heavy atom. The Labute approximate surface area is 133 Å². The van der Waals surface area contributed by atoms with Gasteiger partial charge in [-0.15, -0.1) is 0 Å². The standard InChI is InChI=1S/C14H13NO.C4H3NO2/c15-13-7-3-11(4-8-13)1-2-12-5-9-14(16)10-6-12;6-3-1-2-4(7)5-3/h1-10,16H,15H2;1-2H,(H,5,6,7). The third-order valence-electron chi connectivity index (χ3n) is 2.93. The molecule has 0 aliphatic carbocycles. The van der Waals surface area contributed by atoms with Crippen LogP contribution >= 0.6 is 0 Å². The summed E-state index contributed by atoms with van der Waals surface area (Å²) in [4.78, 5) is 20.1. The van der Waals surface area contributed by atoms with E-state index in [0.29, 0.717) is 0 Å². The molecule has 0 saturated heterocycles. The lowest BCUT2D eigenvalue weighted by Crippen LogP contribution is -2.19. The summed E-state index contributed by atoms with van der Waals surface area (Å²) in [5.74, 6) is -0.375. The van der Waals surface area contributed by atoms with Gasteiger partial charge < -0.3 is 10.8 Å². The topological polar surface area (TPSA) is 92.4 Å². The minimum Gasteiger partial charge on any atom is -0.508 e. The molecule has 0 aromatic heterocycles. The lowest BCUT2D eigenvalue weighted by atomic mass is 10.1. The van der Waals surface area contributed by atoms with Crippen LogP contribution in [0.5, 0.6) is 5.75 Å². The zero-order valence-electron chi connectivity index (χ0n) is 12.3. The van der Waals surface area contributed by atoms with Crippen molar-refractivity contribution in [2.24, 2.45) is 0 Å². The zero-order chi connectivity index (χ0) is 16.7. The van der Waals surface area contributed by atoms with E-state index in [9.17, 15) is 9.59 Å². The highest BCUT2D eigenvalue weighted by Gasteiger charge is 2.06. The second kappa shape index (κ2) is 7.61. The Hall–Kier alpha value is -3.34. The van der Waals surface area contributed by atoms with Gasteiger partial charge in [-0.1, -0.05) is 36.4 Å². The van der Waals surface area contributed by atoms with E-state index >= 15 is 0 Å². The van der Waals surface area contributed by atoms with Crippen LogP contribution in [0.1, 0.15) is 11.1 Å². The number of anilines is 1. The van der Waals surface area contributed by atoms with Gasteiger partial charge in [-0.3, -0.25) is 14.9 Å². The molecule has 3 rings (SSSR count). The quantitative estimate of drug-likeness (QED) is 0.451. The Morgan fingerprint density at radius 2 is 1.22 bits per heavy atom. The van der Waals surface area contributed by atoms with E-state index < -0.39 is 0 Å². The van der Waals surface area contributed by atoms with Crippen molar-refractivity contribution in [3.63, 3.8) is 0 Å². The summed E-state index contributed by atoms with van der Waals surface area (Å²) in [6.07, 6.45) is 6.39. The molecule has 5 heteroatoms. The highest BCUT2D eigenvalue weighted by Crippen LogP contribution is 2.13. The second-order valence-electron chi connectivity index (χ2n) is 4.78. The summed E-state index contributed by atoms with van der Waals surface area (Å²) in [6.45, 7) is 0. The van der Waals surface area contributed by atoms with Gasteiger partial charge in [0.1, 0.15) is 5.75 Å². The van der Waals surface area contributed by atoms with E-state index in [1.807, 2.05) is 53.9 Å². The van der Waals surface area contributed by atoms with Crippen molar-refractivity contribution >= 4 is 29.7 Å². The molecule has 5 nitrogen and oxygen atoms in total. The normalized spacial score (nSPS) is 12.9. The molecule has 0 bridgehead atoms. The molecule has 2 amide bonds. The number of carbonyl (C=O) groups excluding carboxylic acids is 2. The number of nitrogens with two attached hydrogens (primary N) is 1. The molecule has 2 aromatic carbocycles. The number of hydrogen-bond donors (Lipinski definition) is 3. The number of amides is 2. The van der Waals surface area contributed by atoms with Crippen molar-refractivity contribution in [1.82, 2.24) is 5.32 Å². The van der Waals surface area contributed by atoms with Crippen LogP contribution in [-0.4, -0.2) is 16.9 Å². The number of imide groups is 1. The number of rotatable bonds is 2. The average molecular weight is 308 g/mol. The van der Waals surface area contributed by atoms with Crippen molar-refractivity contribution in [2.45, 2.75) is 0 Å². The number of phenols is 1. The molecule has 0 atom stereocenters. The zero-order valence-corrected chi connectivity index (χ0v) is 12.3. The van der Waals surface area contributed by atoms with Crippen LogP contribution in [0.3, 0.4) is 0 Å². The number of nitrogens with one attached hydrogen (secondary N) is 1. The fourth-order valence-electron chi connectivity index (χ4n) is 1.74. The Morgan fingerprint density at radius 1 is 0.783 bits per heavy atom. The van der Waals surface area contributed by atoms with Gasteiger partial charge in [-0.2, -0.15) is 0 Å². The van der Waals surface area contributed by atoms with Gasteiger partial charge in [0.25, 0.3) is 11.8 Å². The molecule has 1 aliphatic rings. The molecule has 1 aliphatic heterocycles. The molecule has 1 heterocycles. The summed E-state index contributed by atoms with van der Waals surface area (Å²) in [7, 11) is 0. The minimum absolute atomic E-state index is 0.282. The van der Waals surface area contributed by atoms with Crippen LogP contribution < -0.4 is 11.1 Å².